The lowest BCUT2D eigenvalue weighted by atomic mass is 10.3. The van der Waals surface area contributed by atoms with Crippen LogP contribution in [0.5, 0.6) is 0 Å². The van der Waals surface area contributed by atoms with Crippen LogP contribution in [-0.2, 0) is 10.8 Å². The van der Waals surface area contributed by atoms with Crippen molar-refractivity contribution in [1.29, 1.82) is 0 Å². The van der Waals surface area contributed by atoms with Crippen molar-refractivity contribution >= 4 is 32.4 Å². The Kier molecular flexibility index (Phi) is 2.75. The van der Waals surface area contributed by atoms with E-state index in [-0.39, 0.29) is 5.25 Å². The summed E-state index contributed by atoms with van der Waals surface area (Å²) < 4.78 is 14.1. The van der Waals surface area contributed by atoms with Gasteiger partial charge in [-0.1, -0.05) is 12.1 Å². The number of nitrogens with one attached hydrogen (secondary N) is 1. The van der Waals surface area contributed by atoms with Gasteiger partial charge >= 0.3 is 0 Å². The highest BCUT2D eigenvalue weighted by molar-refractivity contribution is 7.88. The van der Waals surface area contributed by atoms with Crippen molar-refractivity contribution in [2.75, 3.05) is 13.1 Å². The van der Waals surface area contributed by atoms with Gasteiger partial charge in [0, 0.05) is 6.54 Å². The lowest BCUT2D eigenvalue weighted by Crippen LogP contribution is -2.18. The molecule has 0 aliphatic carbocycles. The summed E-state index contributed by atoms with van der Waals surface area (Å²) in [6.07, 6.45) is 0.989. The highest BCUT2D eigenvalue weighted by atomic mass is 32.2. The SMILES string of the molecule is O=[S@](c1nc2ccccc2s1)[C@H]1CCNC1. The second-order valence-corrected chi connectivity index (χ2v) is 6.80. The van der Waals surface area contributed by atoms with Crippen molar-refractivity contribution in [2.24, 2.45) is 0 Å². The highest BCUT2D eigenvalue weighted by Crippen LogP contribution is 2.26. The number of hydrogen-bond acceptors (Lipinski definition) is 4. The Hall–Kier alpha value is -0.780. The summed E-state index contributed by atoms with van der Waals surface area (Å²) in [5, 5.41) is 3.48. The number of aromatic nitrogens is 1. The van der Waals surface area contributed by atoms with Crippen LogP contribution < -0.4 is 5.32 Å². The Labute approximate surface area is 100 Å². The molecule has 0 unspecified atom stereocenters. The van der Waals surface area contributed by atoms with E-state index in [0.717, 1.165) is 34.1 Å². The Morgan fingerprint density at radius 2 is 2.31 bits per heavy atom. The summed E-state index contributed by atoms with van der Waals surface area (Å²) in [7, 11) is -0.946. The van der Waals surface area contributed by atoms with Crippen molar-refractivity contribution in [3.63, 3.8) is 0 Å². The standard InChI is InChI=1S/C11H12N2OS2/c14-16(8-5-6-12-7-8)11-13-9-3-1-2-4-10(9)15-11/h1-4,8,12H,5-7H2/t8-,16-/m0/s1. The maximum Gasteiger partial charge on any atom is 0.182 e. The fourth-order valence-corrected chi connectivity index (χ4v) is 4.67. The van der Waals surface area contributed by atoms with E-state index in [4.69, 9.17) is 0 Å². The quantitative estimate of drug-likeness (QED) is 0.885. The number of hydrogen-bond donors (Lipinski definition) is 1. The molecule has 16 heavy (non-hydrogen) atoms. The zero-order valence-corrected chi connectivity index (χ0v) is 10.3. The van der Waals surface area contributed by atoms with Gasteiger partial charge in [0.05, 0.1) is 26.3 Å². The number of benzene rings is 1. The van der Waals surface area contributed by atoms with Crippen LogP contribution in [0.15, 0.2) is 28.6 Å². The molecule has 0 saturated carbocycles. The third-order valence-electron chi connectivity index (χ3n) is 2.76. The lowest BCUT2D eigenvalue weighted by Gasteiger charge is -2.03. The molecule has 3 nitrogen and oxygen atoms in total. The smallest absolute Gasteiger partial charge is 0.182 e. The highest BCUT2D eigenvalue weighted by Gasteiger charge is 2.24. The molecule has 1 aromatic carbocycles. The molecule has 3 rings (SSSR count). The van der Waals surface area contributed by atoms with Crippen molar-refractivity contribution < 1.29 is 4.21 Å². The van der Waals surface area contributed by atoms with E-state index in [9.17, 15) is 4.21 Å². The first-order chi connectivity index (χ1) is 7.84. The molecule has 5 heteroatoms. The maximum atomic E-state index is 12.2. The number of para-hydroxylation sites is 1. The molecule has 0 bridgehead atoms. The summed E-state index contributed by atoms with van der Waals surface area (Å²) in [5.41, 5.74) is 0.960. The molecule has 0 radical (unpaired) electrons. The predicted octanol–water partition coefficient (Wildman–Crippen LogP) is 1.77. The van der Waals surface area contributed by atoms with Crippen LogP contribution in [0.1, 0.15) is 6.42 Å². The predicted molar refractivity (Wildman–Crippen MR) is 67.3 cm³/mol. The Morgan fingerprint density at radius 3 is 3.06 bits per heavy atom. The summed E-state index contributed by atoms with van der Waals surface area (Å²) >= 11 is 1.55. The second-order valence-electron chi connectivity index (χ2n) is 3.86. The Balaban J connectivity index is 1.96. The third-order valence-corrected chi connectivity index (χ3v) is 5.78. The van der Waals surface area contributed by atoms with Gasteiger partial charge in [-0.2, -0.15) is 0 Å². The van der Waals surface area contributed by atoms with Crippen molar-refractivity contribution in [2.45, 2.75) is 16.0 Å². The van der Waals surface area contributed by atoms with E-state index in [1.807, 2.05) is 24.3 Å². The molecular weight excluding hydrogens is 240 g/mol. The third kappa shape index (κ3) is 1.79. The first kappa shape index (κ1) is 10.4. The van der Waals surface area contributed by atoms with E-state index in [2.05, 4.69) is 10.3 Å². The first-order valence-electron chi connectivity index (χ1n) is 5.31. The topological polar surface area (TPSA) is 42.0 Å². The maximum absolute atomic E-state index is 12.2. The van der Waals surface area contributed by atoms with Gasteiger partial charge in [-0.05, 0) is 25.1 Å². The molecule has 2 atom stereocenters. The zero-order valence-electron chi connectivity index (χ0n) is 8.68. The molecule has 84 valence electrons. The van der Waals surface area contributed by atoms with Gasteiger partial charge in [0.25, 0.3) is 0 Å². The van der Waals surface area contributed by atoms with Gasteiger partial charge in [-0.25, -0.2) is 4.98 Å². The Morgan fingerprint density at radius 1 is 1.44 bits per heavy atom. The largest absolute Gasteiger partial charge is 0.315 e. The zero-order chi connectivity index (χ0) is 11.0. The lowest BCUT2D eigenvalue weighted by molar-refractivity contribution is 0.672. The van der Waals surface area contributed by atoms with Gasteiger partial charge in [0.15, 0.2) is 4.34 Å². The van der Waals surface area contributed by atoms with Crippen LogP contribution in [0.2, 0.25) is 0 Å². The van der Waals surface area contributed by atoms with Gasteiger partial charge in [0.1, 0.15) is 0 Å². The van der Waals surface area contributed by atoms with Gasteiger partial charge in [0.2, 0.25) is 0 Å². The summed E-state index contributed by atoms with van der Waals surface area (Å²) in [6, 6.07) is 7.95. The van der Waals surface area contributed by atoms with Crippen molar-refractivity contribution in [3.8, 4) is 0 Å². The van der Waals surface area contributed by atoms with Crippen LogP contribution in [-0.4, -0.2) is 27.5 Å². The van der Waals surface area contributed by atoms with Crippen molar-refractivity contribution in [1.82, 2.24) is 10.3 Å². The van der Waals surface area contributed by atoms with E-state index < -0.39 is 10.8 Å². The number of nitrogens with zero attached hydrogens (tertiary/aromatic N) is 1. The van der Waals surface area contributed by atoms with Gasteiger partial charge in [-0.15, -0.1) is 11.3 Å². The van der Waals surface area contributed by atoms with Crippen LogP contribution in [0.25, 0.3) is 10.2 Å². The fraction of sp³-hybridized carbons (Fsp3) is 0.364. The molecule has 1 fully saturated rings. The molecule has 2 heterocycles. The fourth-order valence-electron chi connectivity index (χ4n) is 1.89. The first-order valence-corrected chi connectivity index (χ1v) is 7.34. The summed E-state index contributed by atoms with van der Waals surface area (Å²) in [4.78, 5) is 4.45. The van der Waals surface area contributed by atoms with Crippen LogP contribution >= 0.6 is 11.3 Å². The molecule has 1 saturated heterocycles. The van der Waals surface area contributed by atoms with Crippen LogP contribution in [0.3, 0.4) is 0 Å². The summed E-state index contributed by atoms with van der Waals surface area (Å²) in [5.74, 6) is 0. The molecule has 1 aliphatic heterocycles. The molecule has 0 amide bonds. The van der Waals surface area contributed by atoms with Gasteiger partial charge in [-0.3, -0.25) is 4.21 Å². The summed E-state index contributed by atoms with van der Waals surface area (Å²) in [6.45, 7) is 1.82. The Bertz CT molecular complexity index is 499. The minimum atomic E-state index is -0.946. The monoisotopic (exact) mass is 252 g/mol. The van der Waals surface area contributed by atoms with Gasteiger partial charge < -0.3 is 5.32 Å². The average molecular weight is 252 g/mol. The average Bonchev–Trinajstić information content (AvgIpc) is 2.97. The molecule has 0 spiro atoms. The minimum absolute atomic E-state index is 0.237. The molecule has 1 N–H and O–H groups in total. The number of rotatable bonds is 2. The van der Waals surface area contributed by atoms with E-state index >= 15 is 0 Å². The number of fused-ring (bicyclic) bond motifs is 1. The van der Waals surface area contributed by atoms with E-state index in [1.54, 1.807) is 11.3 Å². The van der Waals surface area contributed by atoms with E-state index in [0.29, 0.717) is 0 Å². The second kappa shape index (κ2) is 4.24. The normalized spacial score (nSPS) is 22.6. The minimum Gasteiger partial charge on any atom is -0.315 e. The molecule has 1 aliphatic rings. The van der Waals surface area contributed by atoms with Crippen LogP contribution in [0, 0.1) is 0 Å². The number of thiazole rings is 1. The molecular formula is C11H12N2OS2. The van der Waals surface area contributed by atoms with E-state index in [1.165, 1.54) is 0 Å². The van der Waals surface area contributed by atoms with Crippen molar-refractivity contribution in [3.05, 3.63) is 24.3 Å². The van der Waals surface area contributed by atoms with Crippen LogP contribution in [0.4, 0.5) is 0 Å². The molecule has 2 aromatic rings. The molecule has 1 aromatic heterocycles.